The molecule has 0 aliphatic heterocycles. The van der Waals surface area contributed by atoms with E-state index in [9.17, 15) is 9.59 Å². The summed E-state index contributed by atoms with van der Waals surface area (Å²) in [6, 6.07) is 14.7. The van der Waals surface area contributed by atoms with Gasteiger partial charge in [0.15, 0.2) is 16.3 Å². The van der Waals surface area contributed by atoms with Crippen LogP contribution >= 0.6 is 23.4 Å². The number of imidazole rings is 1. The number of halogens is 1. The Morgan fingerprint density at radius 2 is 2.03 bits per heavy atom. The van der Waals surface area contributed by atoms with Crippen molar-refractivity contribution in [2.75, 3.05) is 11.1 Å². The number of aromatic nitrogens is 4. The summed E-state index contributed by atoms with van der Waals surface area (Å²) >= 11 is 7.18. The maximum absolute atomic E-state index is 12.4. The second-order valence-electron chi connectivity index (χ2n) is 6.32. The third-order valence-electron chi connectivity index (χ3n) is 4.15. The normalized spacial score (nSPS) is 11.0. The van der Waals surface area contributed by atoms with Gasteiger partial charge in [-0.3, -0.25) is 14.2 Å². The zero-order valence-electron chi connectivity index (χ0n) is 15.3. The summed E-state index contributed by atoms with van der Waals surface area (Å²) in [7, 11) is 0. The average Bonchev–Trinajstić information content (AvgIpc) is 3.07. The van der Waals surface area contributed by atoms with E-state index < -0.39 is 0 Å². The summed E-state index contributed by atoms with van der Waals surface area (Å²) in [5.41, 5.74) is 2.88. The van der Waals surface area contributed by atoms with Gasteiger partial charge in [0.05, 0.1) is 12.1 Å². The van der Waals surface area contributed by atoms with Crippen LogP contribution in [-0.4, -0.2) is 31.2 Å². The Morgan fingerprint density at radius 1 is 1.24 bits per heavy atom. The second-order valence-corrected chi connectivity index (χ2v) is 7.70. The third-order valence-corrected chi connectivity index (χ3v) is 5.33. The molecule has 1 amide bonds. The number of benzene rings is 2. The zero-order chi connectivity index (χ0) is 20.4. The minimum Gasteiger partial charge on any atom is -0.325 e. The summed E-state index contributed by atoms with van der Waals surface area (Å²) in [6.45, 7) is 1.99. The second kappa shape index (κ2) is 8.10. The molecule has 2 aromatic heterocycles. The lowest BCUT2D eigenvalue weighted by Gasteiger charge is -2.09. The topological polar surface area (TPSA) is 92.7 Å². The van der Waals surface area contributed by atoms with Gasteiger partial charge >= 0.3 is 0 Å². The minimum atomic E-state index is -0.328. The lowest BCUT2D eigenvalue weighted by atomic mass is 10.2. The highest BCUT2D eigenvalue weighted by Crippen LogP contribution is 2.26. The van der Waals surface area contributed by atoms with E-state index in [-0.39, 0.29) is 22.7 Å². The van der Waals surface area contributed by atoms with Crippen molar-refractivity contribution < 1.29 is 4.79 Å². The molecule has 0 saturated carbocycles. The Hall–Kier alpha value is -3.10. The Kier molecular flexibility index (Phi) is 5.37. The molecular weight excluding hydrogens is 410 g/mol. The summed E-state index contributed by atoms with van der Waals surface area (Å²) in [5.74, 6) is -0.0961. The molecular formula is C20H16ClN5O2S. The Bertz CT molecular complexity index is 1250. The van der Waals surface area contributed by atoms with Gasteiger partial charge in [-0.1, -0.05) is 47.1 Å². The van der Waals surface area contributed by atoms with Crippen LogP contribution in [0.5, 0.6) is 0 Å². The number of aromatic amines is 1. The van der Waals surface area contributed by atoms with Crippen molar-refractivity contribution in [3.63, 3.8) is 0 Å². The number of nitrogens with one attached hydrogen (secondary N) is 2. The van der Waals surface area contributed by atoms with E-state index in [1.165, 1.54) is 18.1 Å². The van der Waals surface area contributed by atoms with Crippen LogP contribution in [0.1, 0.15) is 5.56 Å². The van der Waals surface area contributed by atoms with E-state index in [0.717, 1.165) is 11.3 Å². The van der Waals surface area contributed by atoms with E-state index in [0.29, 0.717) is 21.5 Å². The van der Waals surface area contributed by atoms with Crippen molar-refractivity contribution in [2.45, 2.75) is 12.1 Å². The van der Waals surface area contributed by atoms with Crippen molar-refractivity contribution in [1.29, 1.82) is 0 Å². The number of carbonyl (C=O) groups excluding carboxylic acids is 1. The fourth-order valence-electron chi connectivity index (χ4n) is 2.80. The Labute approximate surface area is 175 Å². The molecule has 0 spiro atoms. The molecule has 29 heavy (non-hydrogen) atoms. The van der Waals surface area contributed by atoms with Crippen molar-refractivity contribution >= 4 is 46.1 Å². The van der Waals surface area contributed by atoms with Crippen LogP contribution in [0.3, 0.4) is 0 Å². The SMILES string of the molecule is Cc1ccc(-n2c(SCC(=O)Nc3cccc(Cl)c3)nc3c(=O)[nH]cnc32)cc1. The van der Waals surface area contributed by atoms with E-state index in [1.54, 1.807) is 28.8 Å². The van der Waals surface area contributed by atoms with Gasteiger partial charge in [0.25, 0.3) is 5.56 Å². The van der Waals surface area contributed by atoms with Crippen LogP contribution < -0.4 is 10.9 Å². The lowest BCUT2D eigenvalue weighted by Crippen LogP contribution is -2.14. The summed E-state index contributed by atoms with van der Waals surface area (Å²) in [6.07, 6.45) is 1.34. The molecule has 0 unspecified atom stereocenters. The number of rotatable bonds is 5. The van der Waals surface area contributed by atoms with Gasteiger partial charge in [0.2, 0.25) is 5.91 Å². The number of thioether (sulfide) groups is 1. The molecule has 0 atom stereocenters. The molecule has 7 nitrogen and oxygen atoms in total. The highest BCUT2D eigenvalue weighted by molar-refractivity contribution is 7.99. The molecule has 2 N–H and O–H groups in total. The van der Waals surface area contributed by atoms with E-state index >= 15 is 0 Å². The molecule has 146 valence electrons. The Morgan fingerprint density at radius 3 is 2.79 bits per heavy atom. The number of carbonyl (C=O) groups is 1. The average molecular weight is 426 g/mol. The maximum Gasteiger partial charge on any atom is 0.278 e. The maximum atomic E-state index is 12.4. The summed E-state index contributed by atoms with van der Waals surface area (Å²) < 4.78 is 1.78. The fraction of sp³-hybridized carbons (Fsp3) is 0.100. The first-order valence-electron chi connectivity index (χ1n) is 8.72. The number of anilines is 1. The standard InChI is InChI=1S/C20H16ClN5O2S/c1-12-5-7-15(8-6-12)26-18-17(19(28)23-11-22-18)25-20(26)29-10-16(27)24-14-4-2-3-13(21)9-14/h2-9,11H,10H2,1H3,(H,24,27)(H,22,23,28). The van der Waals surface area contributed by atoms with Gasteiger partial charge in [0, 0.05) is 16.4 Å². The summed E-state index contributed by atoms with van der Waals surface area (Å²) in [5, 5.41) is 3.85. The van der Waals surface area contributed by atoms with Gasteiger partial charge in [-0.25, -0.2) is 9.97 Å². The molecule has 4 aromatic rings. The molecule has 2 aromatic carbocycles. The highest BCUT2D eigenvalue weighted by Gasteiger charge is 2.17. The van der Waals surface area contributed by atoms with E-state index in [4.69, 9.17) is 11.6 Å². The Balaban J connectivity index is 1.63. The fourth-order valence-corrected chi connectivity index (χ4v) is 3.80. The molecule has 0 radical (unpaired) electrons. The number of H-pyrrole nitrogens is 1. The van der Waals surface area contributed by atoms with Gasteiger partial charge in [-0.05, 0) is 37.3 Å². The number of aryl methyl sites for hydroxylation is 1. The predicted molar refractivity (Wildman–Crippen MR) is 115 cm³/mol. The first-order chi connectivity index (χ1) is 14.0. The van der Waals surface area contributed by atoms with Gasteiger partial charge in [-0.2, -0.15) is 0 Å². The van der Waals surface area contributed by atoms with Gasteiger partial charge in [0.1, 0.15) is 0 Å². The molecule has 0 fully saturated rings. The molecule has 0 aliphatic rings. The first kappa shape index (κ1) is 19.2. The third kappa shape index (κ3) is 4.18. The molecule has 0 bridgehead atoms. The van der Waals surface area contributed by atoms with Crippen LogP contribution in [-0.2, 0) is 4.79 Å². The van der Waals surface area contributed by atoms with Gasteiger partial charge < -0.3 is 10.3 Å². The van der Waals surface area contributed by atoms with Crippen LogP contribution in [0.4, 0.5) is 5.69 Å². The van der Waals surface area contributed by atoms with Crippen LogP contribution in [0, 0.1) is 6.92 Å². The summed E-state index contributed by atoms with van der Waals surface area (Å²) in [4.78, 5) is 35.8. The zero-order valence-corrected chi connectivity index (χ0v) is 16.9. The number of hydrogen-bond donors (Lipinski definition) is 2. The van der Waals surface area contributed by atoms with E-state index in [2.05, 4.69) is 20.3 Å². The lowest BCUT2D eigenvalue weighted by molar-refractivity contribution is -0.113. The monoisotopic (exact) mass is 425 g/mol. The number of fused-ring (bicyclic) bond motifs is 1. The van der Waals surface area contributed by atoms with Crippen molar-refractivity contribution in [3.8, 4) is 5.69 Å². The number of nitrogens with zero attached hydrogens (tertiary/aromatic N) is 3. The minimum absolute atomic E-state index is 0.111. The van der Waals surface area contributed by atoms with Crippen molar-refractivity contribution in [1.82, 2.24) is 19.5 Å². The van der Waals surface area contributed by atoms with Crippen LogP contribution in [0.25, 0.3) is 16.9 Å². The smallest absolute Gasteiger partial charge is 0.278 e. The van der Waals surface area contributed by atoms with Crippen molar-refractivity contribution in [2.24, 2.45) is 0 Å². The highest BCUT2D eigenvalue weighted by atomic mass is 35.5. The molecule has 4 rings (SSSR count). The van der Waals surface area contributed by atoms with Crippen molar-refractivity contribution in [3.05, 3.63) is 75.8 Å². The quantitative estimate of drug-likeness (QED) is 0.474. The van der Waals surface area contributed by atoms with Crippen LogP contribution in [0.15, 0.2) is 64.8 Å². The predicted octanol–water partition coefficient (Wildman–Crippen LogP) is 3.80. The largest absolute Gasteiger partial charge is 0.325 e. The van der Waals surface area contributed by atoms with Gasteiger partial charge in [-0.15, -0.1) is 0 Å². The molecule has 9 heteroatoms. The molecule has 0 saturated heterocycles. The number of hydrogen-bond acceptors (Lipinski definition) is 5. The molecule has 0 aliphatic carbocycles. The molecule has 2 heterocycles. The van der Waals surface area contributed by atoms with E-state index in [1.807, 2.05) is 31.2 Å². The first-order valence-corrected chi connectivity index (χ1v) is 10.1. The van der Waals surface area contributed by atoms with Crippen LogP contribution in [0.2, 0.25) is 5.02 Å². The number of amides is 1.